The minimum absolute atomic E-state index is 0.0242. The van der Waals surface area contributed by atoms with Gasteiger partial charge in [-0.1, -0.05) is 0 Å². The third-order valence-corrected chi connectivity index (χ3v) is 5.20. The summed E-state index contributed by atoms with van der Waals surface area (Å²) in [5.41, 5.74) is 10.0. The van der Waals surface area contributed by atoms with Gasteiger partial charge in [-0.2, -0.15) is 18.2 Å². The van der Waals surface area contributed by atoms with Crippen LogP contribution in [0.1, 0.15) is 18.4 Å². The minimum atomic E-state index is -4.70. The Morgan fingerprint density at radius 1 is 1.03 bits per heavy atom. The first-order chi connectivity index (χ1) is 14.0. The lowest BCUT2D eigenvalue weighted by molar-refractivity contribution is -0.137. The molecule has 0 atom stereocenters. The quantitative estimate of drug-likeness (QED) is 0.724. The van der Waals surface area contributed by atoms with Gasteiger partial charge in [0.2, 0.25) is 5.95 Å². The topological polar surface area (TPSA) is 97.2 Å². The van der Waals surface area contributed by atoms with E-state index in [1.165, 1.54) is 11.0 Å². The standard InChI is InChI=1S/C18H20F5N7/c19-17(20)8-30(9-17)15-6-13(11-7-26-14(25)5-12(11)18(21,22)23)27-16(28-15)29-3-1-10(24)2-4-29/h5-7,10H,1-4,8-9,24H2,(H2,25,26). The average Bonchev–Trinajstić information content (AvgIpc) is 2.65. The summed E-state index contributed by atoms with van der Waals surface area (Å²) < 4.78 is 67.5. The van der Waals surface area contributed by atoms with E-state index in [4.69, 9.17) is 11.5 Å². The molecule has 2 fully saturated rings. The molecule has 0 bridgehead atoms. The van der Waals surface area contributed by atoms with Crippen molar-refractivity contribution >= 4 is 17.6 Å². The number of alkyl halides is 5. The number of piperidine rings is 1. The van der Waals surface area contributed by atoms with Crippen molar-refractivity contribution in [3.63, 3.8) is 0 Å². The van der Waals surface area contributed by atoms with Crippen LogP contribution >= 0.6 is 0 Å². The SMILES string of the molecule is Nc1cc(C(F)(F)F)c(-c2cc(N3CC(F)(F)C3)nc(N3CCC(N)CC3)n2)cn1. The highest BCUT2D eigenvalue weighted by molar-refractivity contribution is 5.70. The van der Waals surface area contributed by atoms with Crippen LogP contribution in [-0.4, -0.2) is 53.1 Å². The number of aromatic nitrogens is 3. The molecule has 4 N–H and O–H groups in total. The molecule has 0 spiro atoms. The molecule has 0 unspecified atom stereocenters. The maximum Gasteiger partial charge on any atom is 0.417 e. The fourth-order valence-electron chi connectivity index (χ4n) is 3.55. The number of nitrogens with two attached hydrogens (primary N) is 2. The summed E-state index contributed by atoms with van der Waals surface area (Å²) in [6, 6.07) is 2.03. The molecule has 0 saturated carbocycles. The summed E-state index contributed by atoms with van der Waals surface area (Å²) in [6.45, 7) is -0.0710. The number of halogens is 5. The van der Waals surface area contributed by atoms with Crippen molar-refractivity contribution in [2.45, 2.75) is 31.0 Å². The van der Waals surface area contributed by atoms with Crippen LogP contribution in [0.15, 0.2) is 18.3 Å². The summed E-state index contributed by atoms with van der Waals surface area (Å²) in [7, 11) is 0. The summed E-state index contributed by atoms with van der Waals surface area (Å²) in [5, 5.41) is 0. The molecule has 2 aliphatic heterocycles. The molecule has 2 aromatic rings. The first-order valence-corrected chi connectivity index (χ1v) is 9.37. The molecule has 4 rings (SSSR count). The van der Waals surface area contributed by atoms with Crippen LogP contribution in [0, 0.1) is 0 Å². The number of anilines is 3. The molecule has 2 saturated heterocycles. The van der Waals surface area contributed by atoms with Gasteiger partial charge < -0.3 is 21.3 Å². The van der Waals surface area contributed by atoms with Crippen LogP contribution in [0.5, 0.6) is 0 Å². The monoisotopic (exact) mass is 429 g/mol. The predicted octanol–water partition coefficient (Wildman–Crippen LogP) is 2.52. The molecule has 0 amide bonds. The Labute approximate surface area is 168 Å². The van der Waals surface area contributed by atoms with Crippen LogP contribution in [0.2, 0.25) is 0 Å². The molecular formula is C18H20F5N7. The molecule has 0 radical (unpaired) electrons. The summed E-state index contributed by atoms with van der Waals surface area (Å²) in [4.78, 5) is 15.5. The van der Waals surface area contributed by atoms with Gasteiger partial charge in [0.1, 0.15) is 11.6 Å². The Balaban J connectivity index is 1.79. The van der Waals surface area contributed by atoms with E-state index < -0.39 is 30.8 Å². The van der Waals surface area contributed by atoms with Crippen molar-refractivity contribution in [2.75, 3.05) is 41.7 Å². The lowest BCUT2D eigenvalue weighted by atomic mass is 10.0. The van der Waals surface area contributed by atoms with Gasteiger partial charge in [0.25, 0.3) is 5.92 Å². The molecule has 162 valence electrons. The maximum absolute atomic E-state index is 13.6. The molecule has 2 aromatic heterocycles. The number of nitrogen functional groups attached to an aromatic ring is 1. The van der Waals surface area contributed by atoms with Crippen LogP contribution in [0.25, 0.3) is 11.3 Å². The van der Waals surface area contributed by atoms with E-state index in [9.17, 15) is 22.0 Å². The van der Waals surface area contributed by atoms with Crippen molar-refractivity contribution in [3.05, 3.63) is 23.9 Å². The largest absolute Gasteiger partial charge is 0.417 e. The smallest absolute Gasteiger partial charge is 0.384 e. The Kier molecular flexibility index (Phi) is 4.91. The van der Waals surface area contributed by atoms with Gasteiger partial charge in [0.05, 0.1) is 24.3 Å². The lowest BCUT2D eigenvalue weighted by Crippen LogP contribution is -2.56. The summed E-state index contributed by atoms with van der Waals surface area (Å²) in [6.07, 6.45) is -2.37. The van der Waals surface area contributed by atoms with Crippen LogP contribution in [0.3, 0.4) is 0 Å². The zero-order valence-electron chi connectivity index (χ0n) is 15.8. The highest BCUT2D eigenvalue weighted by atomic mass is 19.4. The third kappa shape index (κ3) is 4.09. The predicted molar refractivity (Wildman–Crippen MR) is 101 cm³/mol. The molecule has 2 aliphatic rings. The number of nitrogens with zero attached hydrogens (tertiary/aromatic N) is 5. The average molecular weight is 429 g/mol. The first kappa shape index (κ1) is 20.5. The highest BCUT2D eigenvalue weighted by Gasteiger charge is 2.45. The molecule has 7 nitrogen and oxygen atoms in total. The van der Waals surface area contributed by atoms with Gasteiger partial charge in [-0.05, 0) is 18.9 Å². The minimum Gasteiger partial charge on any atom is -0.384 e. The van der Waals surface area contributed by atoms with E-state index in [-0.39, 0.29) is 34.9 Å². The zero-order valence-corrected chi connectivity index (χ0v) is 15.8. The van der Waals surface area contributed by atoms with Gasteiger partial charge in [-0.25, -0.2) is 18.7 Å². The van der Waals surface area contributed by atoms with Crippen molar-refractivity contribution < 1.29 is 22.0 Å². The number of hydrogen-bond acceptors (Lipinski definition) is 7. The Morgan fingerprint density at radius 3 is 2.30 bits per heavy atom. The lowest BCUT2D eigenvalue weighted by Gasteiger charge is -2.40. The van der Waals surface area contributed by atoms with E-state index >= 15 is 0 Å². The van der Waals surface area contributed by atoms with Crippen molar-refractivity contribution in [1.82, 2.24) is 15.0 Å². The Morgan fingerprint density at radius 2 is 1.70 bits per heavy atom. The summed E-state index contributed by atoms with van der Waals surface area (Å²) in [5.74, 6) is -2.83. The van der Waals surface area contributed by atoms with Gasteiger partial charge in [-0.15, -0.1) is 0 Å². The van der Waals surface area contributed by atoms with Crippen molar-refractivity contribution in [3.8, 4) is 11.3 Å². The normalized spacial score (nSPS) is 19.7. The van der Waals surface area contributed by atoms with Gasteiger partial charge in [0, 0.05) is 37.0 Å². The van der Waals surface area contributed by atoms with Gasteiger partial charge >= 0.3 is 6.18 Å². The second-order valence-electron chi connectivity index (χ2n) is 7.60. The van der Waals surface area contributed by atoms with Crippen LogP contribution < -0.4 is 21.3 Å². The fourth-order valence-corrected chi connectivity index (χ4v) is 3.55. The Hall–Kier alpha value is -2.76. The van der Waals surface area contributed by atoms with Crippen LogP contribution in [0.4, 0.5) is 39.5 Å². The molecular weight excluding hydrogens is 409 g/mol. The van der Waals surface area contributed by atoms with E-state index in [1.807, 2.05) is 0 Å². The number of rotatable bonds is 3. The van der Waals surface area contributed by atoms with Gasteiger partial charge in [0.15, 0.2) is 0 Å². The Bertz CT molecular complexity index is 933. The van der Waals surface area contributed by atoms with E-state index in [2.05, 4.69) is 15.0 Å². The highest BCUT2D eigenvalue weighted by Crippen LogP contribution is 2.39. The van der Waals surface area contributed by atoms with E-state index in [0.29, 0.717) is 25.9 Å². The summed E-state index contributed by atoms with van der Waals surface area (Å²) >= 11 is 0. The van der Waals surface area contributed by atoms with E-state index in [1.54, 1.807) is 4.90 Å². The van der Waals surface area contributed by atoms with Gasteiger partial charge in [-0.3, -0.25) is 0 Å². The molecule has 30 heavy (non-hydrogen) atoms. The first-order valence-electron chi connectivity index (χ1n) is 9.37. The fraction of sp³-hybridized carbons (Fsp3) is 0.500. The zero-order chi connectivity index (χ0) is 21.7. The maximum atomic E-state index is 13.6. The third-order valence-electron chi connectivity index (χ3n) is 5.20. The number of hydrogen-bond donors (Lipinski definition) is 2. The molecule has 4 heterocycles. The van der Waals surface area contributed by atoms with Crippen LogP contribution in [-0.2, 0) is 6.18 Å². The molecule has 12 heteroatoms. The molecule has 0 aromatic carbocycles. The molecule has 0 aliphatic carbocycles. The second-order valence-corrected chi connectivity index (χ2v) is 7.60. The van der Waals surface area contributed by atoms with E-state index in [0.717, 1.165) is 12.3 Å². The number of pyridine rings is 1. The van der Waals surface area contributed by atoms with Crippen molar-refractivity contribution in [2.24, 2.45) is 5.73 Å². The second kappa shape index (κ2) is 7.18. The van der Waals surface area contributed by atoms with Crippen molar-refractivity contribution in [1.29, 1.82) is 0 Å².